The van der Waals surface area contributed by atoms with E-state index in [9.17, 15) is 8.42 Å². The first-order valence-electron chi connectivity index (χ1n) is 6.77. The van der Waals surface area contributed by atoms with Gasteiger partial charge in [-0.1, -0.05) is 0 Å². The Morgan fingerprint density at radius 2 is 2.24 bits per heavy atom. The number of nitrogens with zero attached hydrogens (tertiary/aromatic N) is 3. The lowest BCUT2D eigenvalue weighted by Crippen LogP contribution is -2.49. The fourth-order valence-electron chi connectivity index (χ4n) is 2.55. The van der Waals surface area contributed by atoms with Crippen molar-refractivity contribution in [3.8, 4) is 0 Å². The van der Waals surface area contributed by atoms with Gasteiger partial charge >= 0.3 is 0 Å². The standard InChI is InChI=1S/C14H17N3O3S/c1-21(18,19)10-12-9-20-8-7-17(12)13-5-4-11-3-2-6-15-14(11)16-13/h2-6,12H,7-10H2,1H3/t12-/m0/s1. The van der Waals surface area contributed by atoms with Crippen LogP contribution in [0.3, 0.4) is 0 Å². The van der Waals surface area contributed by atoms with Gasteiger partial charge in [-0.2, -0.15) is 0 Å². The Morgan fingerprint density at radius 1 is 1.38 bits per heavy atom. The lowest BCUT2D eigenvalue weighted by molar-refractivity contribution is 0.0993. The number of morpholine rings is 1. The number of ether oxygens (including phenoxy) is 1. The number of fused-ring (bicyclic) bond motifs is 1. The van der Waals surface area contributed by atoms with Crippen molar-refractivity contribution in [2.75, 3.05) is 36.7 Å². The van der Waals surface area contributed by atoms with Crippen molar-refractivity contribution < 1.29 is 13.2 Å². The number of anilines is 1. The van der Waals surface area contributed by atoms with Crippen molar-refractivity contribution in [3.63, 3.8) is 0 Å². The zero-order valence-corrected chi connectivity index (χ0v) is 12.6. The first-order valence-corrected chi connectivity index (χ1v) is 8.83. The number of rotatable bonds is 3. The molecular weight excluding hydrogens is 290 g/mol. The molecule has 112 valence electrons. The molecule has 0 N–H and O–H groups in total. The minimum Gasteiger partial charge on any atom is -0.377 e. The highest BCUT2D eigenvalue weighted by molar-refractivity contribution is 7.90. The lowest BCUT2D eigenvalue weighted by Gasteiger charge is -2.36. The van der Waals surface area contributed by atoms with Crippen molar-refractivity contribution in [2.45, 2.75) is 6.04 Å². The summed E-state index contributed by atoms with van der Waals surface area (Å²) in [7, 11) is -3.07. The van der Waals surface area contributed by atoms with Crippen molar-refractivity contribution in [1.82, 2.24) is 9.97 Å². The molecule has 2 aromatic rings. The Bertz CT molecular complexity index is 748. The zero-order valence-electron chi connectivity index (χ0n) is 11.8. The summed E-state index contributed by atoms with van der Waals surface area (Å²) in [5, 5.41) is 0.967. The summed E-state index contributed by atoms with van der Waals surface area (Å²) >= 11 is 0. The van der Waals surface area contributed by atoms with Gasteiger partial charge in [0.15, 0.2) is 5.65 Å². The predicted octanol–water partition coefficient (Wildman–Crippen LogP) is 0.880. The van der Waals surface area contributed by atoms with Crippen LogP contribution in [0.4, 0.5) is 5.82 Å². The maximum Gasteiger partial charge on any atom is 0.161 e. The highest BCUT2D eigenvalue weighted by Crippen LogP contribution is 2.21. The van der Waals surface area contributed by atoms with E-state index in [1.165, 1.54) is 6.26 Å². The fourth-order valence-corrected chi connectivity index (χ4v) is 3.52. The molecule has 1 saturated heterocycles. The lowest BCUT2D eigenvalue weighted by atomic mass is 10.2. The number of hydrogen-bond acceptors (Lipinski definition) is 6. The highest BCUT2D eigenvalue weighted by atomic mass is 32.2. The van der Waals surface area contributed by atoms with E-state index in [2.05, 4.69) is 9.97 Å². The molecule has 6 nitrogen and oxygen atoms in total. The molecule has 2 aromatic heterocycles. The van der Waals surface area contributed by atoms with Crippen LogP contribution >= 0.6 is 0 Å². The summed E-state index contributed by atoms with van der Waals surface area (Å²) in [6.45, 7) is 1.60. The summed E-state index contributed by atoms with van der Waals surface area (Å²) < 4.78 is 28.6. The molecule has 0 radical (unpaired) electrons. The van der Waals surface area contributed by atoms with E-state index >= 15 is 0 Å². The third-order valence-electron chi connectivity index (χ3n) is 3.47. The van der Waals surface area contributed by atoms with Crippen LogP contribution in [-0.4, -0.2) is 56.2 Å². The average molecular weight is 307 g/mol. The van der Waals surface area contributed by atoms with Crippen LogP contribution in [0.2, 0.25) is 0 Å². The largest absolute Gasteiger partial charge is 0.377 e. The van der Waals surface area contributed by atoms with Gasteiger partial charge < -0.3 is 9.64 Å². The second-order valence-corrected chi connectivity index (χ2v) is 7.42. The molecule has 3 rings (SSSR count). The SMILES string of the molecule is CS(=O)(=O)C[C@@H]1COCCN1c1ccc2cccnc2n1. The second kappa shape index (κ2) is 5.57. The second-order valence-electron chi connectivity index (χ2n) is 5.23. The maximum absolute atomic E-state index is 11.6. The molecule has 0 spiro atoms. The number of hydrogen-bond donors (Lipinski definition) is 0. The molecule has 1 atom stereocenters. The molecular formula is C14H17N3O3S. The third kappa shape index (κ3) is 3.30. The summed E-state index contributed by atoms with van der Waals surface area (Å²) in [6, 6.07) is 7.47. The quantitative estimate of drug-likeness (QED) is 0.838. The van der Waals surface area contributed by atoms with Crippen molar-refractivity contribution >= 4 is 26.7 Å². The van der Waals surface area contributed by atoms with Crippen LogP contribution in [0.25, 0.3) is 11.0 Å². The van der Waals surface area contributed by atoms with Crippen LogP contribution in [0.5, 0.6) is 0 Å². The van der Waals surface area contributed by atoms with E-state index in [0.29, 0.717) is 25.4 Å². The molecule has 0 aliphatic carbocycles. The first-order chi connectivity index (χ1) is 10.0. The van der Waals surface area contributed by atoms with Gasteiger partial charge in [-0.15, -0.1) is 0 Å². The Hall–Kier alpha value is -1.73. The summed E-state index contributed by atoms with van der Waals surface area (Å²) in [4.78, 5) is 10.8. The Balaban J connectivity index is 1.94. The van der Waals surface area contributed by atoms with E-state index in [1.54, 1.807) is 6.20 Å². The van der Waals surface area contributed by atoms with Crippen LogP contribution in [-0.2, 0) is 14.6 Å². The highest BCUT2D eigenvalue weighted by Gasteiger charge is 2.27. The third-order valence-corrected chi connectivity index (χ3v) is 4.46. The van der Waals surface area contributed by atoms with Gasteiger partial charge in [0.1, 0.15) is 15.7 Å². The smallest absolute Gasteiger partial charge is 0.161 e. The predicted molar refractivity (Wildman–Crippen MR) is 81.2 cm³/mol. The number of sulfone groups is 1. The molecule has 0 unspecified atom stereocenters. The summed E-state index contributed by atoms with van der Waals surface area (Å²) in [5.74, 6) is 0.813. The minimum atomic E-state index is -3.07. The monoisotopic (exact) mass is 307 g/mol. The molecule has 1 aliphatic rings. The van der Waals surface area contributed by atoms with Gasteiger partial charge in [0.2, 0.25) is 0 Å². The van der Waals surface area contributed by atoms with E-state index in [0.717, 1.165) is 11.2 Å². The van der Waals surface area contributed by atoms with Gasteiger partial charge in [-0.25, -0.2) is 18.4 Å². The number of pyridine rings is 2. The molecule has 3 heterocycles. The van der Waals surface area contributed by atoms with Crippen molar-refractivity contribution in [3.05, 3.63) is 30.5 Å². The Labute approximate surface area is 123 Å². The van der Waals surface area contributed by atoms with E-state index < -0.39 is 9.84 Å². The zero-order chi connectivity index (χ0) is 14.9. The van der Waals surface area contributed by atoms with Crippen LogP contribution in [0.15, 0.2) is 30.5 Å². The molecule has 21 heavy (non-hydrogen) atoms. The molecule has 1 aliphatic heterocycles. The van der Waals surface area contributed by atoms with Gasteiger partial charge in [-0.05, 0) is 24.3 Å². The maximum atomic E-state index is 11.6. The molecule has 0 aromatic carbocycles. The first kappa shape index (κ1) is 14.2. The minimum absolute atomic E-state index is 0.0644. The molecule has 0 bridgehead atoms. The van der Waals surface area contributed by atoms with E-state index in [-0.39, 0.29) is 11.8 Å². The fraction of sp³-hybridized carbons (Fsp3) is 0.429. The normalized spacial score (nSPS) is 19.9. The Kier molecular flexibility index (Phi) is 3.77. The molecule has 0 saturated carbocycles. The summed E-state index contributed by atoms with van der Waals surface area (Å²) in [6.07, 6.45) is 2.95. The van der Waals surface area contributed by atoms with Crippen LogP contribution < -0.4 is 4.90 Å². The van der Waals surface area contributed by atoms with Crippen LogP contribution in [0.1, 0.15) is 0 Å². The molecule has 7 heteroatoms. The van der Waals surface area contributed by atoms with Crippen molar-refractivity contribution in [1.29, 1.82) is 0 Å². The van der Waals surface area contributed by atoms with Gasteiger partial charge in [0, 0.05) is 24.4 Å². The topological polar surface area (TPSA) is 72.4 Å². The van der Waals surface area contributed by atoms with Crippen LogP contribution in [0, 0.1) is 0 Å². The summed E-state index contributed by atoms with van der Waals surface area (Å²) in [5.41, 5.74) is 0.666. The molecule has 1 fully saturated rings. The van der Waals surface area contributed by atoms with Gasteiger partial charge in [0.25, 0.3) is 0 Å². The molecule has 0 amide bonds. The Morgan fingerprint density at radius 3 is 3.05 bits per heavy atom. The van der Waals surface area contributed by atoms with Crippen molar-refractivity contribution in [2.24, 2.45) is 0 Å². The average Bonchev–Trinajstić information content (AvgIpc) is 2.46. The number of aromatic nitrogens is 2. The van der Waals surface area contributed by atoms with E-state index in [4.69, 9.17) is 4.74 Å². The van der Waals surface area contributed by atoms with E-state index in [1.807, 2.05) is 29.2 Å². The van der Waals surface area contributed by atoms with Gasteiger partial charge in [0.05, 0.1) is 25.0 Å². The van der Waals surface area contributed by atoms with Gasteiger partial charge in [-0.3, -0.25) is 0 Å².